The Hall–Kier alpha value is -1.02. The highest BCUT2D eigenvalue weighted by Gasteiger charge is 2.46. The summed E-state index contributed by atoms with van der Waals surface area (Å²) in [6.45, 7) is 1.97. The monoisotopic (exact) mass is 282 g/mol. The van der Waals surface area contributed by atoms with Gasteiger partial charge < -0.3 is 14.7 Å². The Morgan fingerprint density at radius 2 is 2.11 bits per heavy atom. The lowest BCUT2D eigenvalue weighted by Gasteiger charge is -2.30. The molecular formula is C11H17F3N2O3. The predicted molar refractivity (Wildman–Crippen MR) is 59.6 cm³/mol. The normalized spacial score (nSPS) is 26.8. The minimum atomic E-state index is -4.60. The topological polar surface area (TPSA) is 53.0 Å². The third-order valence-electron chi connectivity index (χ3n) is 3.62. The van der Waals surface area contributed by atoms with E-state index in [1.165, 1.54) is 4.90 Å². The molecule has 2 saturated heterocycles. The quantitative estimate of drug-likeness (QED) is 0.829. The van der Waals surface area contributed by atoms with Gasteiger partial charge in [0.15, 0.2) is 6.10 Å². The van der Waals surface area contributed by atoms with Crippen molar-refractivity contribution in [1.82, 2.24) is 9.80 Å². The van der Waals surface area contributed by atoms with Crippen LogP contribution in [0.15, 0.2) is 0 Å². The van der Waals surface area contributed by atoms with E-state index < -0.39 is 24.4 Å². The molecule has 0 saturated carbocycles. The average Bonchev–Trinajstić information content (AvgIpc) is 2.93. The Morgan fingerprint density at radius 1 is 1.37 bits per heavy atom. The zero-order valence-corrected chi connectivity index (χ0v) is 10.4. The van der Waals surface area contributed by atoms with E-state index in [0.717, 1.165) is 0 Å². The van der Waals surface area contributed by atoms with Crippen LogP contribution in [-0.4, -0.2) is 72.1 Å². The number of carbonyl (C=O) groups is 1. The first-order valence-corrected chi connectivity index (χ1v) is 6.30. The smallest absolute Gasteiger partial charge is 0.415 e. The van der Waals surface area contributed by atoms with Crippen molar-refractivity contribution in [3.8, 4) is 0 Å². The molecule has 1 amide bonds. The molecule has 8 heteroatoms. The van der Waals surface area contributed by atoms with E-state index in [1.54, 1.807) is 4.90 Å². The fourth-order valence-corrected chi connectivity index (χ4v) is 2.58. The van der Waals surface area contributed by atoms with Crippen molar-refractivity contribution in [3.63, 3.8) is 0 Å². The first-order chi connectivity index (χ1) is 8.89. The minimum Gasteiger partial charge on any atom is -0.448 e. The van der Waals surface area contributed by atoms with Crippen LogP contribution in [0.3, 0.4) is 0 Å². The van der Waals surface area contributed by atoms with Crippen molar-refractivity contribution in [2.45, 2.75) is 31.2 Å². The fourth-order valence-electron chi connectivity index (χ4n) is 2.58. The predicted octanol–water partition coefficient (Wildman–Crippen LogP) is 0.826. The Kier molecular flexibility index (Phi) is 4.19. The lowest BCUT2D eigenvalue weighted by atomic mass is 10.1. The van der Waals surface area contributed by atoms with E-state index in [1.807, 2.05) is 0 Å². The number of aliphatic hydroxyl groups excluding tert-OH is 1. The molecule has 0 aliphatic carbocycles. The van der Waals surface area contributed by atoms with Gasteiger partial charge in [-0.3, -0.25) is 4.90 Å². The van der Waals surface area contributed by atoms with Gasteiger partial charge in [-0.2, -0.15) is 13.2 Å². The maximum Gasteiger partial charge on any atom is 0.415 e. The number of ether oxygens (including phenoxy) is 1. The SMILES string of the molecule is O=C1OCCN1CCN1CCC[C@@H]1[C@H](O)C(F)(F)F. The molecule has 2 atom stereocenters. The molecule has 5 nitrogen and oxygen atoms in total. The van der Waals surface area contributed by atoms with Crippen LogP contribution in [0.25, 0.3) is 0 Å². The summed E-state index contributed by atoms with van der Waals surface area (Å²) in [6.07, 6.45) is -6.39. The zero-order chi connectivity index (χ0) is 14.0. The molecule has 0 radical (unpaired) electrons. The molecule has 2 aliphatic heterocycles. The highest BCUT2D eigenvalue weighted by Crippen LogP contribution is 2.30. The molecule has 0 aromatic rings. The second-order valence-electron chi connectivity index (χ2n) is 4.83. The summed E-state index contributed by atoms with van der Waals surface area (Å²) >= 11 is 0. The lowest BCUT2D eigenvalue weighted by molar-refractivity contribution is -0.219. The Morgan fingerprint density at radius 3 is 2.68 bits per heavy atom. The van der Waals surface area contributed by atoms with E-state index >= 15 is 0 Å². The number of likely N-dealkylation sites (tertiary alicyclic amines) is 1. The second-order valence-corrected chi connectivity index (χ2v) is 4.83. The maximum absolute atomic E-state index is 12.5. The lowest BCUT2D eigenvalue weighted by Crippen LogP contribution is -2.48. The molecule has 2 heterocycles. The number of aliphatic hydroxyl groups is 1. The Bertz CT molecular complexity index is 338. The van der Waals surface area contributed by atoms with Gasteiger partial charge >= 0.3 is 12.3 Å². The fraction of sp³-hybridized carbons (Fsp3) is 0.909. The molecule has 0 unspecified atom stereocenters. The molecule has 0 spiro atoms. The van der Waals surface area contributed by atoms with E-state index in [-0.39, 0.29) is 0 Å². The van der Waals surface area contributed by atoms with Gasteiger partial charge in [0.25, 0.3) is 0 Å². The van der Waals surface area contributed by atoms with Crippen molar-refractivity contribution in [2.75, 3.05) is 32.8 Å². The maximum atomic E-state index is 12.5. The minimum absolute atomic E-state index is 0.325. The average molecular weight is 282 g/mol. The van der Waals surface area contributed by atoms with Crippen molar-refractivity contribution < 1.29 is 27.8 Å². The number of hydrogen-bond acceptors (Lipinski definition) is 4. The summed E-state index contributed by atoms with van der Waals surface area (Å²) < 4.78 is 42.3. The number of rotatable bonds is 4. The highest BCUT2D eigenvalue weighted by molar-refractivity contribution is 5.69. The number of carbonyl (C=O) groups excluding carboxylic acids is 1. The van der Waals surface area contributed by atoms with E-state index in [4.69, 9.17) is 4.74 Å². The van der Waals surface area contributed by atoms with Crippen LogP contribution >= 0.6 is 0 Å². The molecule has 1 N–H and O–H groups in total. The van der Waals surface area contributed by atoms with E-state index in [2.05, 4.69) is 0 Å². The van der Waals surface area contributed by atoms with Gasteiger partial charge in [0.2, 0.25) is 0 Å². The van der Waals surface area contributed by atoms with Crippen LogP contribution in [0.4, 0.5) is 18.0 Å². The van der Waals surface area contributed by atoms with Crippen LogP contribution in [-0.2, 0) is 4.74 Å². The number of cyclic esters (lactones) is 1. The van der Waals surface area contributed by atoms with E-state index in [0.29, 0.717) is 45.6 Å². The summed E-state index contributed by atoms with van der Waals surface area (Å²) in [5.41, 5.74) is 0. The highest BCUT2D eigenvalue weighted by atomic mass is 19.4. The first kappa shape index (κ1) is 14.4. The number of halogens is 3. The summed E-state index contributed by atoms with van der Waals surface area (Å²) in [4.78, 5) is 14.3. The second kappa shape index (κ2) is 5.54. The molecular weight excluding hydrogens is 265 g/mol. The zero-order valence-electron chi connectivity index (χ0n) is 10.4. The van der Waals surface area contributed by atoms with Crippen LogP contribution in [0.5, 0.6) is 0 Å². The summed E-state index contributed by atoms with van der Waals surface area (Å²) in [5, 5.41) is 9.33. The van der Waals surface area contributed by atoms with Crippen molar-refractivity contribution in [1.29, 1.82) is 0 Å². The van der Waals surface area contributed by atoms with Crippen molar-refractivity contribution in [2.24, 2.45) is 0 Å². The number of hydrogen-bond donors (Lipinski definition) is 1. The standard InChI is InChI=1S/C11H17F3N2O3/c12-11(13,14)9(17)8-2-1-3-15(8)4-5-16-6-7-19-10(16)18/h8-9,17H,1-7H2/t8-,9+/m1/s1. The molecule has 2 aliphatic rings. The van der Waals surface area contributed by atoms with Crippen molar-refractivity contribution >= 4 is 6.09 Å². The molecule has 0 bridgehead atoms. The molecule has 0 aromatic carbocycles. The van der Waals surface area contributed by atoms with Gasteiger partial charge in [-0.1, -0.05) is 0 Å². The van der Waals surface area contributed by atoms with Gasteiger partial charge in [-0.05, 0) is 19.4 Å². The van der Waals surface area contributed by atoms with Gasteiger partial charge in [0.05, 0.1) is 6.54 Å². The van der Waals surface area contributed by atoms with Gasteiger partial charge in [0.1, 0.15) is 6.61 Å². The third-order valence-corrected chi connectivity index (χ3v) is 3.62. The van der Waals surface area contributed by atoms with Crippen LogP contribution in [0, 0.1) is 0 Å². The largest absolute Gasteiger partial charge is 0.448 e. The summed E-state index contributed by atoms with van der Waals surface area (Å²) in [7, 11) is 0. The van der Waals surface area contributed by atoms with Crippen LogP contribution in [0.2, 0.25) is 0 Å². The van der Waals surface area contributed by atoms with Crippen LogP contribution < -0.4 is 0 Å². The number of alkyl halides is 3. The summed E-state index contributed by atoms with van der Waals surface area (Å²) in [6, 6.07) is -0.904. The first-order valence-electron chi connectivity index (χ1n) is 6.30. The number of amides is 1. The molecule has 2 fully saturated rings. The Balaban J connectivity index is 1.87. The van der Waals surface area contributed by atoms with E-state index in [9.17, 15) is 23.1 Å². The molecule has 110 valence electrons. The van der Waals surface area contributed by atoms with Gasteiger partial charge in [-0.15, -0.1) is 0 Å². The van der Waals surface area contributed by atoms with Gasteiger partial charge in [0, 0.05) is 19.1 Å². The Labute approximate surface area is 108 Å². The molecule has 0 aromatic heterocycles. The van der Waals surface area contributed by atoms with Gasteiger partial charge in [-0.25, -0.2) is 4.79 Å². The van der Waals surface area contributed by atoms with Crippen LogP contribution in [0.1, 0.15) is 12.8 Å². The summed E-state index contributed by atoms with van der Waals surface area (Å²) in [5.74, 6) is 0. The third kappa shape index (κ3) is 3.30. The molecule has 19 heavy (non-hydrogen) atoms. The number of nitrogens with zero attached hydrogens (tertiary/aromatic N) is 2. The molecule has 2 rings (SSSR count). The van der Waals surface area contributed by atoms with Crippen molar-refractivity contribution in [3.05, 3.63) is 0 Å².